The van der Waals surface area contributed by atoms with Gasteiger partial charge in [0.15, 0.2) is 11.4 Å². The molecule has 6 nitrogen and oxygen atoms in total. The maximum atomic E-state index is 13.6. The minimum absolute atomic E-state index is 0.0945. The zero-order valence-electron chi connectivity index (χ0n) is 18.5. The van der Waals surface area contributed by atoms with E-state index in [-0.39, 0.29) is 18.2 Å². The van der Waals surface area contributed by atoms with E-state index >= 15 is 0 Å². The molecule has 1 N–H and O–H groups in total. The lowest BCUT2D eigenvalue weighted by Crippen LogP contribution is -2.68. The Morgan fingerprint density at radius 3 is 2.65 bits per heavy atom. The Hall–Kier alpha value is -3.32. The smallest absolute Gasteiger partial charge is 0.278 e. The molecule has 0 radical (unpaired) electrons. The summed E-state index contributed by atoms with van der Waals surface area (Å²) in [5.74, 6) is -1.10. The van der Waals surface area contributed by atoms with Gasteiger partial charge in [-0.2, -0.15) is 0 Å². The highest BCUT2D eigenvalue weighted by Crippen LogP contribution is 2.58. The van der Waals surface area contributed by atoms with Crippen LogP contribution in [0, 0.1) is 5.92 Å². The predicted molar refractivity (Wildman–Crippen MR) is 127 cm³/mol. The maximum absolute atomic E-state index is 13.6. The number of aromatic nitrogens is 1. The number of pyridine rings is 1. The Morgan fingerprint density at radius 2 is 1.85 bits per heavy atom. The van der Waals surface area contributed by atoms with Crippen molar-refractivity contribution in [2.24, 2.45) is 5.92 Å². The first-order chi connectivity index (χ1) is 16.4. The number of carbonyl (C=O) groups excluding carboxylic acids is 1. The Labute approximate surface area is 200 Å². The third-order valence-electron chi connectivity index (χ3n) is 7.71. The Morgan fingerprint density at radius 1 is 1.09 bits per heavy atom. The fraction of sp³-hybridized carbons (Fsp3) is 0.308. The van der Waals surface area contributed by atoms with Crippen LogP contribution in [0.5, 0.6) is 5.75 Å². The Kier molecular flexibility index (Phi) is 4.58. The number of nitrogens with zero attached hydrogens (tertiary/aromatic N) is 3. The summed E-state index contributed by atoms with van der Waals surface area (Å²) in [5, 5.41) is 13.4. The van der Waals surface area contributed by atoms with E-state index in [0.717, 1.165) is 29.5 Å². The van der Waals surface area contributed by atoms with E-state index in [0.29, 0.717) is 5.02 Å². The van der Waals surface area contributed by atoms with Crippen LogP contribution in [-0.2, 0) is 18.4 Å². The van der Waals surface area contributed by atoms with Gasteiger partial charge in [-0.05, 0) is 48.1 Å². The molecule has 0 fully saturated rings. The van der Waals surface area contributed by atoms with Crippen molar-refractivity contribution in [1.82, 2.24) is 9.58 Å². The molecule has 2 aliphatic carbocycles. The van der Waals surface area contributed by atoms with Crippen LogP contribution in [0.25, 0.3) is 0 Å². The first kappa shape index (κ1) is 21.2. The number of carbonyl (C=O) groups is 1. The van der Waals surface area contributed by atoms with Gasteiger partial charge in [0.2, 0.25) is 5.43 Å². The van der Waals surface area contributed by atoms with Crippen molar-refractivity contribution < 1.29 is 14.3 Å². The predicted octanol–water partition coefficient (Wildman–Crippen LogP) is 3.59. The lowest BCUT2D eigenvalue weighted by molar-refractivity contribution is 0.0499. The second-order valence-electron chi connectivity index (χ2n) is 9.18. The summed E-state index contributed by atoms with van der Waals surface area (Å²) < 4.78 is 15.2. The van der Waals surface area contributed by atoms with Gasteiger partial charge < -0.3 is 10.0 Å². The summed E-state index contributed by atoms with van der Waals surface area (Å²) in [6, 6.07) is 15.4. The molecule has 1 aliphatic heterocycles. The van der Waals surface area contributed by atoms with Crippen molar-refractivity contribution >= 4 is 17.5 Å². The molecule has 2 aromatic carbocycles. The largest absolute Gasteiger partial charge is 0.502 e. The first-order valence-corrected chi connectivity index (χ1v) is 11.8. The SMILES string of the molecule is CC1N(CCF)C(=O)c2c(O)c(=O)ccn2N1C12c3ccccc3CC1Cc1c(Cl)cccc12. The van der Waals surface area contributed by atoms with Gasteiger partial charge >= 0.3 is 0 Å². The van der Waals surface area contributed by atoms with Crippen LogP contribution in [0.3, 0.4) is 0 Å². The van der Waals surface area contributed by atoms with Crippen LogP contribution in [0.15, 0.2) is 59.5 Å². The molecule has 0 spiro atoms. The monoisotopic (exact) mass is 479 g/mol. The second kappa shape index (κ2) is 7.34. The number of hydrogen-bond acceptors (Lipinski definition) is 4. The molecule has 1 aromatic heterocycles. The maximum Gasteiger partial charge on any atom is 0.278 e. The van der Waals surface area contributed by atoms with Crippen molar-refractivity contribution in [3.8, 4) is 5.75 Å². The highest BCUT2D eigenvalue weighted by atomic mass is 35.5. The van der Waals surface area contributed by atoms with Crippen LogP contribution in [-0.4, -0.2) is 40.0 Å². The van der Waals surface area contributed by atoms with Crippen LogP contribution < -0.4 is 10.4 Å². The average Bonchev–Trinajstić information content (AvgIpc) is 3.31. The number of fused-ring (bicyclic) bond motifs is 6. The quantitative estimate of drug-likeness (QED) is 0.623. The van der Waals surface area contributed by atoms with Crippen LogP contribution >= 0.6 is 11.6 Å². The van der Waals surface area contributed by atoms with Gasteiger partial charge in [0.25, 0.3) is 5.91 Å². The topological polar surface area (TPSA) is 65.8 Å². The van der Waals surface area contributed by atoms with Crippen LogP contribution in [0.2, 0.25) is 5.02 Å². The van der Waals surface area contributed by atoms with Gasteiger partial charge in [-0.15, -0.1) is 0 Å². The Bertz CT molecular complexity index is 1410. The molecule has 174 valence electrons. The standard InChI is InChI=1S/C26H23ClFN3O3/c1-15-29(12-10-28)25(34)23-24(33)22(32)9-11-30(23)31(15)26-17(13-16-5-2-3-6-19(16)26)14-18-20(26)7-4-8-21(18)27/h2-9,11,15,17,33H,10,12-14H2,1H3. The van der Waals surface area contributed by atoms with Crippen molar-refractivity contribution in [2.45, 2.75) is 31.5 Å². The highest BCUT2D eigenvalue weighted by molar-refractivity contribution is 6.31. The first-order valence-electron chi connectivity index (χ1n) is 11.4. The Balaban J connectivity index is 1.72. The zero-order valence-corrected chi connectivity index (χ0v) is 19.3. The van der Waals surface area contributed by atoms with E-state index in [9.17, 15) is 19.1 Å². The van der Waals surface area contributed by atoms with E-state index in [1.807, 2.05) is 36.2 Å². The lowest BCUT2D eigenvalue weighted by Gasteiger charge is -2.54. The van der Waals surface area contributed by atoms with Gasteiger partial charge in [0.05, 0.1) is 6.54 Å². The number of alkyl halides is 1. The molecule has 6 rings (SSSR count). The summed E-state index contributed by atoms with van der Waals surface area (Å²) in [7, 11) is 0. The van der Waals surface area contributed by atoms with Gasteiger partial charge in [0, 0.05) is 23.2 Å². The molecule has 0 bridgehead atoms. The molecule has 3 aliphatic rings. The van der Waals surface area contributed by atoms with Gasteiger partial charge in [-0.25, -0.2) is 4.39 Å². The van der Waals surface area contributed by atoms with Crippen LogP contribution in [0.1, 0.15) is 39.7 Å². The average molecular weight is 480 g/mol. The number of aromatic hydroxyl groups is 1. The summed E-state index contributed by atoms with van der Waals surface area (Å²) in [6.45, 7) is 0.974. The summed E-state index contributed by atoms with van der Waals surface area (Å²) in [4.78, 5) is 27.1. The molecule has 3 aromatic rings. The van der Waals surface area contributed by atoms with Crippen molar-refractivity contribution in [1.29, 1.82) is 0 Å². The summed E-state index contributed by atoms with van der Waals surface area (Å²) in [5.41, 5.74) is 2.86. The van der Waals surface area contributed by atoms with Crippen molar-refractivity contribution in [3.05, 3.63) is 97.9 Å². The molecular formula is C26H23ClFN3O3. The summed E-state index contributed by atoms with van der Waals surface area (Å²) >= 11 is 6.67. The molecule has 0 saturated heterocycles. The van der Waals surface area contributed by atoms with Gasteiger partial charge in [-0.1, -0.05) is 48.0 Å². The number of benzene rings is 2. The zero-order chi connectivity index (χ0) is 23.8. The van der Waals surface area contributed by atoms with Crippen molar-refractivity contribution in [2.75, 3.05) is 18.2 Å². The number of rotatable bonds is 3. The fourth-order valence-corrected chi connectivity index (χ4v) is 6.70. The third kappa shape index (κ3) is 2.50. The summed E-state index contributed by atoms with van der Waals surface area (Å²) in [6.07, 6.45) is 2.53. The van der Waals surface area contributed by atoms with Gasteiger partial charge in [0.1, 0.15) is 18.4 Å². The molecule has 34 heavy (non-hydrogen) atoms. The molecule has 1 amide bonds. The normalized spacial score (nSPS) is 24.6. The molecule has 3 unspecified atom stereocenters. The number of halogens is 2. The van der Waals surface area contributed by atoms with Crippen LogP contribution in [0.4, 0.5) is 4.39 Å². The molecule has 8 heteroatoms. The second-order valence-corrected chi connectivity index (χ2v) is 9.59. The van der Waals surface area contributed by atoms with E-state index in [4.69, 9.17) is 11.6 Å². The number of amides is 1. The molecule has 3 atom stereocenters. The third-order valence-corrected chi connectivity index (χ3v) is 8.06. The molecule has 2 heterocycles. The van der Waals surface area contributed by atoms with E-state index in [2.05, 4.69) is 18.2 Å². The highest BCUT2D eigenvalue weighted by Gasteiger charge is 2.60. The fourth-order valence-electron chi connectivity index (χ4n) is 6.45. The minimum atomic E-state index is -0.739. The van der Waals surface area contributed by atoms with Gasteiger partial charge in [-0.3, -0.25) is 19.3 Å². The minimum Gasteiger partial charge on any atom is -0.502 e. The molecule has 0 saturated carbocycles. The van der Waals surface area contributed by atoms with E-state index in [1.165, 1.54) is 22.7 Å². The van der Waals surface area contributed by atoms with E-state index < -0.39 is 35.5 Å². The van der Waals surface area contributed by atoms with E-state index in [1.54, 1.807) is 4.68 Å². The lowest BCUT2D eigenvalue weighted by atomic mass is 9.81. The number of hydrogen-bond donors (Lipinski definition) is 1. The van der Waals surface area contributed by atoms with Crippen molar-refractivity contribution in [3.63, 3.8) is 0 Å². The molecular weight excluding hydrogens is 457 g/mol.